The lowest BCUT2D eigenvalue weighted by Crippen LogP contribution is -2.26. The van der Waals surface area contributed by atoms with Gasteiger partial charge in [-0.2, -0.15) is 0 Å². The molecule has 364 valence electrons. The van der Waals surface area contributed by atoms with Gasteiger partial charge in [-0.15, -0.1) is 0 Å². The lowest BCUT2D eigenvalue weighted by atomic mass is 9.91. The number of fused-ring (bicyclic) bond motifs is 9. The van der Waals surface area contributed by atoms with Crippen LogP contribution in [-0.4, -0.2) is 85.5 Å². The van der Waals surface area contributed by atoms with Gasteiger partial charge < -0.3 is 38.5 Å². The Balaban J connectivity index is 1.25. The third-order valence-electron chi connectivity index (χ3n) is 11.5. The second-order valence-electron chi connectivity index (χ2n) is 16.4. The Labute approximate surface area is 410 Å². The first kappa shape index (κ1) is 49.0. The number of aromatic nitrogens is 2. The van der Waals surface area contributed by atoms with Crippen molar-refractivity contribution < 1.29 is 57.1 Å². The molecule has 1 amide bonds. The highest BCUT2D eigenvalue weighted by molar-refractivity contribution is 6.07. The summed E-state index contributed by atoms with van der Waals surface area (Å²) in [6.07, 6.45) is 0.920. The number of hydrogen-bond acceptors (Lipinski definition) is 13. The van der Waals surface area contributed by atoms with Crippen LogP contribution >= 0.6 is 0 Å². The highest BCUT2D eigenvalue weighted by atomic mass is 16.6. The van der Waals surface area contributed by atoms with Crippen LogP contribution in [0, 0.1) is 0 Å². The largest absolute Gasteiger partial charge is 0.483 e. The van der Waals surface area contributed by atoms with Crippen molar-refractivity contribution in [2.24, 2.45) is 0 Å². The number of nitrogens with zero attached hydrogens (tertiary/aromatic N) is 2. The molecule has 0 radical (unpaired) electrons. The molecule has 6 aromatic carbocycles. The topological polar surface area (TPSA) is 180 Å². The van der Waals surface area contributed by atoms with E-state index in [-0.39, 0.29) is 71.1 Å². The molecule has 0 saturated heterocycles. The Hall–Kier alpha value is -8.46. The number of esters is 3. The molecular formula is C56H53N3O12. The molecular weight excluding hydrogens is 907 g/mol. The Morgan fingerprint density at radius 2 is 0.803 bits per heavy atom. The molecule has 0 atom stereocenters. The summed E-state index contributed by atoms with van der Waals surface area (Å²) in [7, 11) is 0. The number of benzene rings is 6. The molecule has 1 aromatic heterocycles. The number of anilines is 1. The molecule has 0 unspecified atom stereocenters. The highest BCUT2D eigenvalue weighted by Gasteiger charge is 2.26. The van der Waals surface area contributed by atoms with Crippen molar-refractivity contribution in [1.29, 1.82) is 0 Å². The van der Waals surface area contributed by atoms with Crippen LogP contribution in [-0.2, 0) is 54.3 Å². The predicted molar refractivity (Wildman–Crippen MR) is 264 cm³/mol. The van der Waals surface area contributed by atoms with E-state index in [1.807, 2.05) is 78.9 Å². The first-order valence-corrected chi connectivity index (χ1v) is 23.4. The number of para-hydroxylation sites is 7. The summed E-state index contributed by atoms with van der Waals surface area (Å²) in [5, 5.41) is 2.85. The summed E-state index contributed by atoms with van der Waals surface area (Å²) in [6.45, 7) is 4.09. The lowest BCUT2D eigenvalue weighted by Gasteiger charge is -2.22. The summed E-state index contributed by atoms with van der Waals surface area (Å²) in [6, 6.07) is 38.6. The third kappa shape index (κ3) is 11.9. The number of amides is 1. The molecule has 15 nitrogen and oxygen atoms in total. The molecule has 15 heteroatoms. The highest BCUT2D eigenvalue weighted by Crippen LogP contribution is 2.39. The Morgan fingerprint density at radius 1 is 0.451 bits per heavy atom. The zero-order valence-corrected chi connectivity index (χ0v) is 39.7. The van der Waals surface area contributed by atoms with Gasteiger partial charge in [0.1, 0.15) is 23.0 Å². The van der Waals surface area contributed by atoms with E-state index in [2.05, 4.69) is 10.3 Å². The predicted octanol–water partition coefficient (Wildman–Crippen LogP) is 8.51. The van der Waals surface area contributed by atoms with Crippen LogP contribution in [0.25, 0.3) is 11.0 Å². The van der Waals surface area contributed by atoms with E-state index >= 15 is 0 Å². The van der Waals surface area contributed by atoms with Gasteiger partial charge in [0.25, 0.3) is 11.8 Å². The maximum Gasteiger partial charge on any atom is 0.344 e. The normalized spacial score (nSPS) is 11.8. The van der Waals surface area contributed by atoms with Gasteiger partial charge in [0.05, 0.1) is 30.9 Å². The fraction of sp³-hybridized carbons (Fsp3) is 0.250. The fourth-order valence-electron chi connectivity index (χ4n) is 8.57. The summed E-state index contributed by atoms with van der Waals surface area (Å²) < 4.78 is 42.8. The van der Waals surface area contributed by atoms with Crippen molar-refractivity contribution in [3.05, 3.63) is 178 Å². The van der Waals surface area contributed by atoms with Crippen LogP contribution in [0.1, 0.15) is 80.7 Å². The van der Waals surface area contributed by atoms with Gasteiger partial charge in [0.15, 0.2) is 26.4 Å². The monoisotopic (exact) mass is 959 g/mol. The van der Waals surface area contributed by atoms with Crippen LogP contribution in [0.3, 0.4) is 0 Å². The maximum absolute atomic E-state index is 14.6. The van der Waals surface area contributed by atoms with Crippen molar-refractivity contribution in [3.8, 4) is 23.0 Å². The van der Waals surface area contributed by atoms with Crippen LogP contribution in [0.4, 0.5) is 5.69 Å². The van der Waals surface area contributed by atoms with E-state index in [9.17, 15) is 24.0 Å². The smallest absolute Gasteiger partial charge is 0.344 e. The van der Waals surface area contributed by atoms with Crippen molar-refractivity contribution in [2.75, 3.05) is 51.6 Å². The molecule has 0 aliphatic heterocycles. The number of hydrogen-bond donors (Lipinski definition) is 1. The molecule has 71 heavy (non-hydrogen) atoms. The Bertz CT molecular complexity index is 2960. The second-order valence-corrected chi connectivity index (χ2v) is 16.4. The SMILES string of the molecule is CCOC(=O)COc1c2cccc1Cc1cccc(c1OCC(=O)OCC)Cc1cccc(c1OCC(=O)n1c(C(=O)Nc3ccccc3)nc3ccccc31)Cc1cccc(c1OCC(=O)OCC)C2. The molecule has 0 saturated carbocycles. The van der Waals surface area contributed by atoms with E-state index in [1.54, 1.807) is 69.3 Å². The Morgan fingerprint density at radius 3 is 1.18 bits per heavy atom. The first-order chi connectivity index (χ1) is 34.6. The van der Waals surface area contributed by atoms with Gasteiger partial charge in [-0.05, 0) is 89.5 Å². The van der Waals surface area contributed by atoms with Crippen LogP contribution in [0.15, 0.2) is 127 Å². The molecule has 1 heterocycles. The number of nitrogens with one attached hydrogen (secondary N) is 1. The molecule has 0 fully saturated rings. The number of carbonyl (C=O) groups excluding carboxylic acids is 5. The van der Waals surface area contributed by atoms with Crippen molar-refractivity contribution >= 4 is 46.4 Å². The maximum atomic E-state index is 14.6. The second kappa shape index (κ2) is 23.2. The number of rotatable bonds is 17. The summed E-state index contributed by atoms with van der Waals surface area (Å²) in [5.41, 5.74) is 6.98. The number of ether oxygens (including phenoxy) is 7. The molecule has 8 bridgehead atoms. The van der Waals surface area contributed by atoms with Crippen LogP contribution in [0.2, 0.25) is 0 Å². The Kier molecular flexibility index (Phi) is 16.0. The van der Waals surface area contributed by atoms with Crippen molar-refractivity contribution in [3.63, 3.8) is 0 Å². The standard InChI is InChI=1S/C56H53N3O12/c1-4-65-48(61)33-69-52-38-18-13-20-40(52)30-42-22-15-23-43(54(42)71-35-50(63)67-6-3)31-41-21-14-19-39(53(41)70-34-49(62)66-5-2)29-37-17-12-16-36(28-38)51(37)68-32-47(60)59-46-27-11-10-26-45(46)58-55(59)56(64)57-44-24-8-7-9-25-44/h7-27H,4-6,28-35H2,1-3H3,(H,57,64). The molecule has 1 aliphatic carbocycles. The van der Waals surface area contributed by atoms with E-state index in [0.717, 1.165) is 11.1 Å². The van der Waals surface area contributed by atoms with Gasteiger partial charge in [-0.25, -0.2) is 19.4 Å². The van der Waals surface area contributed by atoms with E-state index in [0.29, 0.717) is 73.1 Å². The van der Waals surface area contributed by atoms with Gasteiger partial charge in [0, 0.05) is 31.4 Å². The lowest BCUT2D eigenvalue weighted by molar-refractivity contribution is -0.146. The van der Waals surface area contributed by atoms with Crippen molar-refractivity contribution in [2.45, 2.75) is 46.5 Å². The minimum absolute atomic E-state index is 0.113. The average Bonchev–Trinajstić information content (AvgIpc) is 3.76. The minimum atomic E-state index is -0.579. The van der Waals surface area contributed by atoms with E-state index in [4.69, 9.17) is 33.2 Å². The number of imidazole rings is 1. The minimum Gasteiger partial charge on any atom is -0.483 e. The zero-order chi connectivity index (χ0) is 49.7. The quantitative estimate of drug-likeness (QED) is 0.0679. The summed E-state index contributed by atoms with van der Waals surface area (Å²) in [4.78, 5) is 71.5. The summed E-state index contributed by atoms with van der Waals surface area (Å²) in [5.74, 6) is -1.18. The van der Waals surface area contributed by atoms with Gasteiger partial charge in [0.2, 0.25) is 5.82 Å². The summed E-state index contributed by atoms with van der Waals surface area (Å²) >= 11 is 0. The van der Waals surface area contributed by atoms with Crippen LogP contribution in [0.5, 0.6) is 23.0 Å². The first-order valence-electron chi connectivity index (χ1n) is 23.4. The molecule has 0 spiro atoms. The molecule has 1 N–H and O–H groups in total. The van der Waals surface area contributed by atoms with E-state index in [1.165, 1.54) is 4.57 Å². The van der Waals surface area contributed by atoms with E-state index < -0.39 is 36.3 Å². The van der Waals surface area contributed by atoms with Gasteiger partial charge >= 0.3 is 17.9 Å². The zero-order valence-electron chi connectivity index (χ0n) is 39.7. The fourth-order valence-corrected chi connectivity index (χ4v) is 8.57. The van der Waals surface area contributed by atoms with Gasteiger partial charge in [-0.3, -0.25) is 14.2 Å². The van der Waals surface area contributed by atoms with Crippen LogP contribution < -0.4 is 24.3 Å². The number of carbonyl (C=O) groups is 5. The molecule has 7 aromatic rings. The third-order valence-corrected chi connectivity index (χ3v) is 11.5. The van der Waals surface area contributed by atoms with Crippen molar-refractivity contribution in [1.82, 2.24) is 9.55 Å². The molecule has 8 rings (SSSR count). The average molecular weight is 960 g/mol. The molecule has 1 aliphatic rings. The van der Waals surface area contributed by atoms with Gasteiger partial charge in [-0.1, -0.05) is 103 Å².